The van der Waals surface area contributed by atoms with Crippen LogP contribution in [0.5, 0.6) is 0 Å². The lowest BCUT2D eigenvalue weighted by Crippen LogP contribution is -2.42. The molecule has 0 radical (unpaired) electrons. The molecule has 0 spiro atoms. The van der Waals surface area contributed by atoms with E-state index in [2.05, 4.69) is 5.32 Å². The van der Waals surface area contributed by atoms with Gasteiger partial charge in [-0.2, -0.15) is 0 Å². The molecule has 0 bridgehead atoms. The predicted molar refractivity (Wildman–Crippen MR) is 38.3 cm³/mol. The fourth-order valence-electron chi connectivity index (χ4n) is 0.525. The largest absolute Gasteiger partial charge is 0.479 e. The first-order chi connectivity index (χ1) is 5.45. The van der Waals surface area contributed by atoms with Crippen molar-refractivity contribution in [2.45, 2.75) is 19.1 Å². The number of carbonyl (C=O) groups is 2. The molecule has 0 saturated heterocycles. The van der Waals surface area contributed by atoms with E-state index < -0.39 is 24.1 Å². The van der Waals surface area contributed by atoms with Crippen LogP contribution in [0.15, 0.2) is 0 Å². The van der Waals surface area contributed by atoms with Gasteiger partial charge in [0.05, 0.1) is 0 Å². The van der Waals surface area contributed by atoms with E-state index >= 15 is 0 Å². The number of amides is 1. The van der Waals surface area contributed by atoms with E-state index in [1.165, 1.54) is 6.92 Å². The van der Waals surface area contributed by atoms with Gasteiger partial charge in [0, 0.05) is 13.5 Å². The second-order valence-corrected chi connectivity index (χ2v) is 2.29. The Hall–Kier alpha value is -1.14. The van der Waals surface area contributed by atoms with E-state index in [0.29, 0.717) is 0 Å². The lowest BCUT2D eigenvalue weighted by atomic mass is 10.2. The normalized spacial score (nSPS) is 14.9. The first-order valence-electron chi connectivity index (χ1n) is 3.28. The molecule has 6 nitrogen and oxygen atoms in total. The number of carbonyl (C=O) groups excluding carboxylic acids is 1. The minimum atomic E-state index is -1.86. The summed E-state index contributed by atoms with van der Waals surface area (Å²) in [6.45, 7) is 0.947. The van der Waals surface area contributed by atoms with Crippen molar-refractivity contribution in [2.24, 2.45) is 0 Å². The Labute approximate surface area is 68.8 Å². The van der Waals surface area contributed by atoms with Gasteiger partial charge in [-0.25, -0.2) is 4.79 Å². The third kappa shape index (κ3) is 3.89. The Morgan fingerprint density at radius 2 is 1.92 bits per heavy atom. The Bertz CT molecular complexity index is 181. The molecule has 6 heteroatoms. The van der Waals surface area contributed by atoms with E-state index in [0.717, 1.165) is 0 Å². The smallest absolute Gasteiger partial charge is 0.335 e. The summed E-state index contributed by atoms with van der Waals surface area (Å²) in [7, 11) is 0. The predicted octanol–water partition coefficient (Wildman–Crippen LogP) is -2.07. The van der Waals surface area contributed by atoms with Gasteiger partial charge in [0.25, 0.3) is 0 Å². The van der Waals surface area contributed by atoms with E-state index in [9.17, 15) is 9.59 Å². The number of hydrogen-bond donors (Lipinski definition) is 4. The van der Waals surface area contributed by atoms with Crippen LogP contribution in [0.1, 0.15) is 6.92 Å². The highest BCUT2D eigenvalue weighted by Crippen LogP contribution is 1.91. The van der Waals surface area contributed by atoms with Crippen LogP contribution < -0.4 is 5.32 Å². The zero-order chi connectivity index (χ0) is 9.72. The van der Waals surface area contributed by atoms with Crippen LogP contribution in [0.4, 0.5) is 0 Å². The highest BCUT2D eigenvalue weighted by atomic mass is 16.4. The topological polar surface area (TPSA) is 107 Å². The Morgan fingerprint density at radius 1 is 1.42 bits per heavy atom. The van der Waals surface area contributed by atoms with Gasteiger partial charge in [0.2, 0.25) is 5.91 Å². The lowest BCUT2D eigenvalue weighted by molar-refractivity contribution is -0.152. The zero-order valence-electron chi connectivity index (χ0n) is 6.52. The summed E-state index contributed by atoms with van der Waals surface area (Å²) in [5, 5.41) is 28.0. The minimum Gasteiger partial charge on any atom is -0.479 e. The van der Waals surface area contributed by atoms with Crippen molar-refractivity contribution in [3.05, 3.63) is 0 Å². The fourth-order valence-corrected chi connectivity index (χ4v) is 0.525. The molecule has 0 aliphatic rings. The molecule has 4 N–H and O–H groups in total. The molecule has 12 heavy (non-hydrogen) atoms. The molecule has 0 unspecified atom stereocenters. The number of aliphatic carboxylic acids is 1. The van der Waals surface area contributed by atoms with Gasteiger partial charge in [0.1, 0.15) is 6.10 Å². The van der Waals surface area contributed by atoms with Gasteiger partial charge in [-0.3, -0.25) is 4.79 Å². The second kappa shape index (κ2) is 4.68. The van der Waals surface area contributed by atoms with Crippen LogP contribution in [-0.4, -0.2) is 45.9 Å². The first-order valence-corrected chi connectivity index (χ1v) is 3.28. The minimum absolute atomic E-state index is 0.275. The van der Waals surface area contributed by atoms with Crippen LogP contribution in [0.25, 0.3) is 0 Å². The van der Waals surface area contributed by atoms with Gasteiger partial charge < -0.3 is 20.6 Å². The summed E-state index contributed by atoms with van der Waals surface area (Å²) in [4.78, 5) is 20.4. The number of carboxylic acids is 1. The molecule has 0 rings (SSSR count). The molecule has 0 fully saturated rings. The Kier molecular flexibility index (Phi) is 4.24. The highest BCUT2D eigenvalue weighted by Gasteiger charge is 2.23. The van der Waals surface area contributed by atoms with Crippen LogP contribution in [0, 0.1) is 0 Å². The van der Waals surface area contributed by atoms with Crippen molar-refractivity contribution in [2.75, 3.05) is 6.54 Å². The van der Waals surface area contributed by atoms with Crippen molar-refractivity contribution in [1.29, 1.82) is 0 Å². The summed E-state index contributed by atoms with van der Waals surface area (Å²) in [5.74, 6) is -1.92. The van der Waals surface area contributed by atoms with Crippen molar-refractivity contribution in [3.63, 3.8) is 0 Å². The van der Waals surface area contributed by atoms with Crippen LogP contribution >= 0.6 is 0 Å². The van der Waals surface area contributed by atoms with Crippen molar-refractivity contribution < 1.29 is 24.9 Å². The van der Waals surface area contributed by atoms with E-state index in [4.69, 9.17) is 15.3 Å². The van der Waals surface area contributed by atoms with Gasteiger partial charge in [-0.1, -0.05) is 0 Å². The average molecular weight is 177 g/mol. The maximum atomic E-state index is 10.3. The van der Waals surface area contributed by atoms with Crippen molar-refractivity contribution >= 4 is 11.9 Å². The molecule has 0 aromatic heterocycles. The lowest BCUT2D eigenvalue weighted by Gasteiger charge is -2.13. The van der Waals surface area contributed by atoms with E-state index in [1.54, 1.807) is 0 Å². The summed E-state index contributed by atoms with van der Waals surface area (Å²) in [5.41, 5.74) is 0. The Balaban J connectivity index is 3.79. The van der Waals surface area contributed by atoms with Crippen LogP contribution in [0.3, 0.4) is 0 Å². The SMILES string of the molecule is CC(=O)NC[C@@H](O)[C@@H](O)C(=O)O. The molecule has 0 saturated carbocycles. The third-order valence-electron chi connectivity index (χ3n) is 1.18. The monoisotopic (exact) mass is 177 g/mol. The molecule has 70 valence electrons. The molecule has 0 aromatic rings. The number of hydrogen-bond acceptors (Lipinski definition) is 4. The van der Waals surface area contributed by atoms with Crippen LogP contribution in [-0.2, 0) is 9.59 Å². The molecule has 0 aromatic carbocycles. The second-order valence-electron chi connectivity index (χ2n) is 2.29. The average Bonchev–Trinajstić information content (AvgIpc) is 1.98. The van der Waals surface area contributed by atoms with Gasteiger partial charge in [-0.15, -0.1) is 0 Å². The third-order valence-corrected chi connectivity index (χ3v) is 1.18. The van der Waals surface area contributed by atoms with Crippen LogP contribution in [0.2, 0.25) is 0 Å². The molecule has 0 heterocycles. The summed E-state index contributed by atoms with van der Waals surface area (Å²) >= 11 is 0. The van der Waals surface area contributed by atoms with Gasteiger partial charge in [0.15, 0.2) is 6.10 Å². The fraction of sp³-hybridized carbons (Fsp3) is 0.667. The Morgan fingerprint density at radius 3 is 2.25 bits per heavy atom. The number of rotatable bonds is 4. The standard InChI is InChI=1S/C6H11NO5/c1-3(8)7-2-4(9)5(10)6(11)12/h4-5,9-10H,2H2,1H3,(H,7,8)(H,11,12)/t4-,5-/m1/s1. The molecule has 0 aliphatic heterocycles. The highest BCUT2D eigenvalue weighted by molar-refractivity contribution is 5.74. The maximum Gasteiger partial charge on any atom is 0.335 e. The molecular weight excluding hydrogens is 166 g/mol. The van der Waals surface area contributed by atoms with E-state index in [-0.39, 0.29) is 6.54 Å². The quantitative estimate of drug-likeness (QED) is 0.394. The van der Waals surface area contributed by atoms with Crippen molar-refractivity contribution in [1.82, 2.24) is 5.32 Å². The summed E-state index contributed by atoms with van der Waals surface area (Å²) in [6.07, 6.45) is -3.34. The number of nitrogens with one attached hydrogen (secondary N) is 1. The number of aliphatic hydroxyl groups is 2. The summed E-state index contributed by atoms with van der Waals surface area (Å²) < 4.78 is 0. The summed E-state index contributed by atoms with van der Waals surface area (Å²) in [6, 6.07) is 0. The van der Waals surface area contributed by atoms with E-state index in [1.807, 2.05) is 0 Å². The molecule has 1 amide bonds. The first kappa shape index (κ1) is 10.9. The van der Waals surface area contributed by atoms with Crippen molar-refractivity contribution in [3.8, 4) is 0 Å². The van der Waals surface area contributed by atoms with Gasteiger partial charge in [-0.05, 0) is 0 Å². The number of carboxylic acid groups (broad SMARTS) is 1. The zero-order valence-corrected chi connectivity index (χ0v) is 6.52. The number of aliphatic hydroxyl groups excluding tert-OH is 2. The van der Waals surface area contributed by atoms with Gasteiger partial charge >= 0.3 is 5.97 Å². The molecular formula is C6H11NO5. The molecule has 0 aliphatic carbocycles. The molecule has 2 atom stereocenters. The maximum absolute atomic E-state index is 10.3.